The van der Waals surface area contributed by atoms with Crippen LogP contribution in [0.5, 0.6) is 5.75 Å². The molecule has 94 valence electrons. The summed E-state index contributed by atoms with van der Waals surface area (Å²) in [5.74, 6) is 1.56. The SMILES string of the molecule is CCNc1cc(-c2cncc(OCC)c2)ncn1. The Kier molecular flexibility index (Phi) is 4.06. The van der Waals surface area contributed by atoms with Crippen molar-refractivity contribution >= 4 is 5.82 Å². The van der Waals surface area contributed by atoms with Gasteiger partial charge in [0.15, 0.2) is 0 Å². The van der Waals surface area contributed by atoms with Crippen molar-refractivity contribution in [3.8, 4) is 17.0 Å². The summed E-state index contributed by atoms with van der Waals surface area (Å²) < 4.78 is 5.42. The van der Waals surface area contributed by atoms with E-state index in [0.29, 0.717) is 6.61 Å². The Morgan fingerprint density at radius 3 is 2.83 bits per heavy atom. The number of nitrogens with zero attached hydrogens (tertiary/aromatic N) is 3. The molecular formula is C13H16N4O. The molecule has 0 aliphatic heterocycles. The van der Waals surface area contributed by atoms with Crippen LogP contribution < -0.4 is 10.1 Å². The number of rotatable bonds is 5. The van der Waals surface area contributed by atoms with E-state index in [1.54, 1.807) is 18.7 Å². The van der Waals surface area contributed by atoms with E-state index in [4.69, 9.17) is 4.74 Å². The van der Waals surface area contributed by atoms with Crippen LogP contribution in [0.3, 0.4) is 0 Å². The second-order valence-electron chi connectivity index (χ2n) is 3.66. The first-order chi connectivity index (χ1) is 8.83. The van der Waals surface area contributed by atoms with Gasteiger partial charge in [0, 0.05) is 24.4 Å². The van der Waals surface area contributed by atoms with Crippen LogP contribution in [0.4, 0.5) is 5.82 Å². The van der Waals surface area contributed by atoms with Crippen LogP contribution in [0.25, 0.3) is 11.3 Å². The maximum absolute atomic E-state index is 5.42. The van der Waals surface area contributed by atoms with Gasteiger partial charge in [-0.2, -0.15) is 0 Å². The first-order valence-corrected chi connectivity index (χ1v) is 5.97. The van der Waals surface area contributed by atoms with Crippen LogP contribution in [0.1, 0.15) is 13.8 Å². The molecule has 2 rings (SSSR count). The molecule has 2 aromatic rings. The van der Waals surface area contributed by atoms with E-state index in [1.165, 1.54) is 0 Å². The monoisotopic (exact) mass is 244 g/mol. The molecule has 0 aliphatic carbocycles. The highest BCUT2D eigenvalue weighted by atomic mass is 16.5. The van der Waals surface area contributed by atoms with Gasteiger partial charge in [0.2, 0.25) is 0 Å². The zero-order chi connectivity index (χ0) is 12.8. The molecule has 0 spiro atoms. The molecule has 0 atom stereocenters. The van der Waals surface area contributed by atoms with E-state index in [2.05, 4.69) is 20.3 Å². The molecule has 0 unspecified atom stereocenters. The highest BCUT2D eigenvalue weighted by Crippen LogP contribution is 2.21. The third kappa shape index (κ3) is 2.94. The summed E-state index contributed by atoms with van der Waals surface area (Å²) in [5, 5.41) is 3.15. The van der Waals surface area contributed by atoms with Crippen molar-refractivity contribution in [2.75, 3.05) is 18.5 Å². The van der Waals surface area contributed by atoms with E-state index in [0.717, 1.165) is 29.4 Å². The summed E-state index contributed by atoms with van der Waals surface area (Å²) in [4.78, 5) is 12.5. The summed E-state index contributed by atoms with van der Waals surface area (Å²) in [6.07, 6.45) is 5.00. The molecule has 2 aromatic heterocycles. The number of nitrogens with one attached hydrogen (secondary N) is 1. The van der Waals surface area contributed by atoms with E-state index in [9.17, 15) is 0 Å². The van der Waals surface area contributed by atoms with Crippen molar-refractivity contribution in [3.63, 3.8) is 0 Å². The van der Waals surface area contributed by atoms with Crippen LogP contribution in [0.2, 0.25) is 0 Å². The van der Waals surface area contributed by atoms with Gasteiger partial charge in [0.1, 0.15) is 17.9 Å². The number of ether oxygens (including phenoxy) is 1. The molecule has 2 heterocycles. The predicted octanol–water partition coefficient (Wildman–Crippen LogP) is 2.37. The first kappa shape index (κ1) is 12.3. The van der Waals surface area contributed by atoms with Gasteiger partial charge in [-0.15, -0.1) is 0 Å². The quantitative estimate of drug-likeness (QED) is 0.875. The fourth-order valence-corrected chi connectivity index (χ4v) is 1.60. The zero-order valence-electron chi connectivity index (χ0n) is 10.6. The molecule has 5 nitrogen and oxygen atoms in total. The van der Waals surface area contributed by atoms with Crippen LogP contribution in [-0.4, -0.2) is 28.1 Å². The summed E-state index contributed by atoms with van der Waals surface area (Å²) >= 11 is 0. The summed E-state index contributed by atoms with van der Waals surface area (Å²) in [6, 6.07) is 3.82. The second kappa shape index (κ2) is 5.95. The minimum Gasteiger partial charge on any atom is -0.492 e. The maximum atomic E-state index is 5.42. The van der Waals surface area contributed by atoms with Crippen LogP contribution in [0.15, 0.2) is 30.9 Å². The van der Waals surface area contributed by atoms with E-state index in [-0.39, 0.29) is 0 Å². The summed E-state index contributed by atoms with van der Waals surface area (Å²) in [6.45, 7) is 5.42. The average molecular weight is 244 g/mol. The van der Waals surface area contributed by atoms with Gasteiger partial charge < -0.3 is 10.1 Å². The Morgan fingerprint density at radius 2 is 2.06 bits per heavy atom. The minimum absolute atomic E-state index is 0.623. The van der Waals surface area contributed by atoms with Crippen LogP contribution in [-0.2, 0) is 0 Å². The Balaban J connectivity index is 2.29. The third-order valence-corrected chi connectivity index (χ3v) is 2.34. The minimum atomic E-state index is 0.623. The number of hydrogen-bond donors (Lipinski definition) is 1. The van der Waals surface area contributed by atoms with Crippen molar-refractivity contribution < 1.29 is 4.74 Å². The van der Waals surface area contributed by atoms with Crippen molar-refractivity contribution in [2.24, 2.45) is 0 Å². The molecule has 0 radical (unpaired) electrons. The van der Waals surface area contributed by atoms with Crippen molar-refractivity contribution in [2.45, 2.75) is 13.8 Å². The lowest BCUT2D eigenvalue weighted by Crippen LogP contribution is -2.00. The maximum Gasteiger partial charge on any atom is 0.138 e. The normalized spacial score (nSPS) is 10.1. The third-order valence-electron chi connectivity index (χ3n) is 2.34. The highest BCUT2D eigenvalue weighted by molar-refractivity contribution is 5.62. The molecule has 0 aliphatic rings. The highest BCUT2D eigenvalue weighted by Gasteiger charge is 2.03. The van der Waals surface area contributed by atoms with Crippen molar-refractivity contribution in [3.05, 3.63) is 30.9 Å². The van der Waals surface area contributed by atoms with Crippen LogP contribution in [0, 0.1) is 0 Å². The number of aromatic nitrogens is 3. The standard InChI is InChI=1S/C13H16N4O/c1-3-15-13-6-12(16-9-17-13)10-5-11(18-4-2)8-14-7-10/h5-9H,3-4H2,1-2H3,(H,15,16,17). The smallest absolute Gasteiger partial charge is 0.138 e. The fraction of sp³-hybridized carbons (Fsp3) is 0.308. The van der Waals surface area contributed by atoms with Crippen molar-refractivity contribution in [1.82, 2.24) is 15.0 Å². The molecule has 18 heavy (non-hydrogen) atoms. The molecule has 0 saturated carbocycles. The van der Waals surface area contributed by atoms with E-state index >= 15 is 0 Å². The zero-order valence-corrected chi connectivity index (χ0v) is 10.6. The molecule has 0 aromatic carbocycles. The molecule has 0 amide bonds. The molecular weight excluding hydrogens is 228 g/mol. The second-order valence-corrected chi connectivity index (χ2v) is 3.66. The van der Waals surface area contributed by atoms with Gasteiger partial charge >= 0.3 is 0 Å². The Hall–Kier alpha value is -2.17. The molecule has 0 saturated heterocycles. The van der Waals surface area contributed by atoms with Crippen LogP contribution >= 0.6 is 0 Å². The topological polar surface area (TPSA) is 59.9 Å². The number of pyridine rings is 1. The van der Waals surface area contributed by atoms with Crippen molar-refractivity contribution in [1.29, 1.82) is 0 Å². The lowest BCUT2D eigenvalue weighted by Gasteiger charge is -2.06. The summed E-state index contributed by atoms with van der Waals surface area (Å²) in [5.41, 5.74) is 1.75. The number of anilines is 1. The lowest BCUT2D eigenvalue weighted by atomic mass is 10.2. The van der Waals surface area contributed by atoms with E-state index in [1.807, 2.05) is 26.0 Å². The largest absolute Gasteiger partial charge is 0.492 e. The first-order valence-electron chi connectivity index (χ1n) is 5.97. The van der Waals surface area contributed by atoms with Gasteiger partial charge in [-0.3, -0.25) is 4.98 Å². The van der Waals surface area contributed by atoms with E-state index < -0.39 is 0 Å². The average Bonchev–Trinajstić information content (AvgIpc) is 2.40. The van der Waals surface area contributed by atoms with Gasteiger partial charge in [0.05, 0.1) is 18.5 Å². The van der Waals surface area contributed by atoms with Gasteiger partial charge in [-0.25, -0.2) is 9.97 Å². The molecule has 0 fully saturated rings. The predicted molar refractivity (Wildman–Crippen MR) is 70.6 cm³/mol. The Morgan fingerprint density at radius 1 is 1.17 bits per heavy atom. The fourth-order valence-electron chi connectivity index (χ4n) is 1.60. The lowest BCUT2D eigenvalue weighted by molar-refractivity contribution is 0.339. The molecule has 1 N–H and O–H groups in total. The molecule has 5 heteroatoms. The Labute approximate surface area is 106 Å². The van der Waals surface area contributed by atoms with Gasteiger partial charge in [0.25, 0.3) is 0 Å². The Bertz CT molecular complexity index is 468. The number of hydrogen-bond acceptors (Lipinski definition) is 5. The van der Waals surface area contributed by atoms with Gasteiger partial charge in [-0.05, 0) is 19.9 Å². The summed E-state index contributed by atoms with van der Waals surface area (Å²) in [7, 11) is 0. The van der Waals surface area contributed by atoms with Gasteiger partial charge in [-0.1, -0.05) is 0 Å². The molecule has 0 bridgehead atoms.